The van der Waals surface area contributed by atoms with Crippen LogP contribution in [0, 0.1) is 6.92 Å². The number of hydrogen-bond acceptors (Lipinski definition) is 13. The third-order valence-corrected chi connectivity index (χ3v) is 15.8. The third-order valence-electron chi connectivity index (χ3n) is 13.7. The highest BCUT2D eigenvalue weighted by Crippen LogP contribution is 2.52. The van der Waals surface area contributed by atoms with Crippen LogP contribution in [0.4, 0.5) is 21.0 Å². The monoisotopic (exact) mass is 1130 g/mol. The molecule has 17 nitrogen and oxygen atoms in total. The lowest BCUT2D eigenvalue weighted by molar-refractivity contribution is -0.120. The maximum absolute atomic E-state index is 14.1. The predicted octanol–water partition coefficient (Wildman–Crippen LogP) is 11.9. The molecule has 0 saturated carbocycles. The number of amides is 4. The van der Waals surface area contributed by atoms with Gasteiger partial charge < -0.3 is 44.7 Å². The topological polar surface area (TPSA) is 209 Å². The number of rotatable bonds is 22. The van der Waals surface area contributed by atoms with E-state index in [2.05, 4.69) is 5.32 Å². The first kappa shape index (κ1) is 61.1. The Bertz CT molecular complexity index is 2800. The number of anilines is 2. The number of ketones is 1. The van der Waals surface area contributed by atoms with Crippen LogP contribution in [0.2, 0.25) is 0 Å². The first-order valence-corrected chi connectivity index (χ1v) is 29.3. The zero-order valence-corrected chi connectivity index (χ0v) is 49.3. The van der Waals surface area contributed by atoms with Gasteiger partial charge in [0.1, 0.15) is 23.7 Å². The molecule has 4 atom stereocenters. The quantitative estimate of drug-likeness (QED) is 0.0381. The van der Waals surface area contributed by atoms with Gasteiger partial charge in [0.05, 0.1) is 46.8 Å². The molecule has 4 aromatic rings. The standard InChI is InChI=1S/C60H81ClN5O12P/c1-38-31-44-47(66(55(70)46-22-18-29-64(46)54(44)69)57(72)74-37-40-26-24-39(25-27-40)32-49(67)45(62)21-15-16-28-63-56(71)75-58(2,3)4)33-50(38)73-30-17-11-12-23-52(68)65-36-41(35-61)53-43-20-14-13-19-42(43)51(34-48(53)65)76-79(77-59(5,6)7)78-60(8,9)10/h13-14,19-20,24-27,31,33-34,41,45-46,55,70H,11-12,15-18,21-23,28-30,32,35-37,62H2,1-10H3,(H,63,71)/t41-,45+,46+,55?/m1/s1. The van der Waals surface area contributed by atoms with E-state index >= 15 is 0 Å². The molecule has 3 aliphatic rings. The zero-order valence-electron chi connectivity index (χ0n) is 47.7. The summed E-state index contributed by atoms with van der Waals surface area (Å²) in [6.45, 7) is 20.4. The van der Waals surface area contributed by atoms with Gasteiger partial charge in [0.15, 0.2) is 12.0 Å². The van der Waals surface area contributed by atoms with E-state index in [0.717, 1.165) is 32.5 Å². The van der Waals surface area contributed by atoms with Crippen molar-refractivity contribution in [2.75, 3.05) is 41.9 Å². The normalized spacial score (nSPS) is 17.8. The van der Waals surface area contributed by atoms with E-state index < -0.39 is 55.9 Å². The molecule has 0 bridgehead atoms. The Morgan fingerprint density at radius 2 is 1.51 bits per heavy atom. The van der Waals surface area contributed by atoms with Gasteiger partial charge in [0, 0.05) is 61.8 Å². The molecular formula is C60H81ClN5O12P. The number of benzene rings is 4. The van der Waals surface area contributed by atoms with Crippen LogP contribution >= 0.6 is 20.2 Å². The summed E-state index contributed by atoms with van der Waals surface area (Å²) in [5.74, 6) is 0.882. The molecular weight excluding hydrogens is 1050 g/mol. The summed E-state index contributed by atoms with van der Waals surface area (Å²) < 4.78 is 36.6. The van der Waals surface area contributed by atoms with Crippen molar-refractivity contribution in [3.05, 3.63) is 94.5 Å². The summed E-state index contributed by atoms with van der Waals surface area (Å²) in [4.78, 5) is 71.7. The highest BCUT2D eigenvalue weighted by molar-refractivity contribution is 7.42. The lowest BCUT2D eigenvalue weighted by atomic mass is 9.95. The van der Waals surface area contributed by atoms with Crippen LogP contribution in [0.5, 0.6) is 11.5 Å². The number of alkyl carbamates (subject to hydrolysis) is 1. The number of carbonyl (C=O) groups excluding carboxylic acids is 5. The largest absolute Gasteiger partial charge is 0.493 e. The first-order chi connectivity index (χ1) is 37.3. The maximum atomic E-state index is 14.1. The summed E-state index contributed by atoms with van der Waals surface area (Å²) >= 11 is 6.60. The Labute approximate surface area is 472 Å². The van der Waals surface area contributed by atoms with Crippen molar-refractivity contribution in [3.8, 4) is 11.5 Å². The minimum absolute atomic E-state index is 0.0201. The number of nitrogens with one attached hydrogen (secondary N) is 1. The van der Waals surface area contributed by atoms with Crippen LogP contribution in [-0.4, -0.2) is 107 Å². The van der Waals surface area contributed by atoms with E-state index in [4.69, 9.17) is 45.1 Å². The minimum atomic E-state index is -1.82. The minimum Gasteiger partial charge on any atom is -0.493 e. The average Bonchev–Trinajstić information content (AvgIpc) is 4.15. The Hall–Kier alpha value is -5.55. The van der Waals surface area contributed by atoms with Gasteiger partial charge in [-0.3, -0.25) is 23.4 Å². The number of aliphatic hydroxyl groups excluding tert-OH is 1. The fourth-order valence-corrected chi connectivity index (χ4v) is 11.6. The Morgan fingerprint density at radius 3 is 2.18 bits per heavy atom. The van der Waals surface area contributed by atoms with Gasteiger partial charge in [-0.05, 0) is 154 Å². The molecule has 7 rings (SSSR count). The van der Waals surface area contributed by atoms with Crippen molar-refractivity contribution in [2.24, 2.45) is 5.73 Å². The Morgan fingerprint density at radius 1 is 0.835 bits per heavy atom. The van der Waals surface area contributed by atoms with Crippen LogP contribution < -0.4 is 30.1 Å². The van der Waals surface area contributed by atoms with E-state index in [9.17, 15) is 29.1 Å². The second kappa shape index (κ2) is 26.4. The number of hydrogen-bond donors (Lipinski definition) is 3. The maximum Gasteiger partial charge on any atom is 0.416 e. The predicted molar refractivity (Wildman–Crippen MR) is 308 cm³/mol. The number of carbonyl (C=O) groups is 5. The van der Waals surface area contributed by atoms with E-state index in [-0.39, 0.29) is 47.8 Å². The number of nitrogens with two attached hydrogens (primary N) is 1. The van der Waals surface area contributed by atoms with Crippen molar-refractivity contribution < 1.29 is 56.9 Å². The molecule has 0 radical (unpaired) electrons. The van der Waals surface area contributed by atoms with Gasteiger partial charge in [-0.2, -0.15) is 0 Å². The van der Waals surface area contributed by atoms with Crippen molar-refractivity contribution in [3.63, 3.8) is 0 Å². The number of fused-ring (bicyclic) bond motifs is 5. The fourth-order valence-electron chi connectivity index (χ4n) is 9.99. The smallest absolute Gasteiger partial charge is 0.416 e. The molecule has 1 saturated heterocycles. The molecule has 3 aliphatic heterocycles. The first-order valence-electron chi connectivity index (χ1n) is 27.6. The number of Topliss-reactive ketones (excluding diaryl/α,β-unsaturated/α-hetero) is 1. The summed E-state index contributed by atoms with van der Waals surface area (Å²) in [5, 5.41) is 16.4. The van der Waals surface area contributed by atoms with E-state index in [1.165, 1.54) is 0 Å². The van der Waals surface area contributed by atoms with Crippen molar-refractivity contribution in [1.82, 2.24) is 10.2 Å². The number of aliphatic hydroxyl groups is 1. The number of alkyl halides is 1. The average molecular weight is 1130 g/mol. The third kappa shape index (κ3) is 16.3. The van der Waals surface area contributed by atoms with Crippen LogP contribution in [0.3, 0.4) is 0 Å². The highest BCUT2D eigenvalue weighted by Gasteiger charge is 2.45. The van der Waals surface area contributed by atoms with E-state index in [0.29, 0.717) is 113 Å². The Balaban J connectivity index is 0.945. The number of aryl methyl sites for hydroxylation is 1. The molecule has 0 aliphatic carbocycles. The van der Waals surface area contributed by atoms with Gasteiger partial charge in [-0.15, -0.1) is 11.6 Å². The second-order valence-electron chi connectivity index (χ2n) is 23.8. The number of ether oxygens (including phenoxy) is 3. The summed E-state index contributed by atoms with van der Waals surface area (Å²) in [7, 11) is -1.82. The molecule has 19 heteroatoms. The molecule has 3 heterocycles. The van der Waals surface area contributed by atoms with Gasteiger partial charge in [0.2, 0.25) is 5.91 Å². The molecule has 79 heavy (non-hydrogen) atoms. The summed E-state index contributed by atoms with van der Waals surface area (Å²) in [6, 6.07) is 19.1. The highest BCUT2D eigenvalue weighted by atomic mass is 35.5. The van der Waals surface area contributed by atoms with Crippen LogP contribution in [0.15, 0.2) is 66.7 Å². The lowest BCUT2D eigenvalue weighted by Gasteiger charge is -2.31. The van der Waals surface area contributed by atoms with Gasteiger partial charge in [-0.25, -0.2) is 14.5 Å². The number of halogens is 1. The summed E-state index contributed by atoms with van der Waals surface area (Å²) in [5.41, 5.74) is 8.91. The van der Waals surface area contributed by atoms with Crippen LogP contribution in [0.25, 0.3) is 10.8 Å². The molecule has 430 valence electrons. The number of nitrogens with zero attached hydrogens (tertiary/aromatic N) is 3. The lowest BCUT2D eigenvalue weighted by Crippen LogP contribution is -2.50. The van der Waals surface area contributed by atoms with Crippen LogP contribution in [-0.2, 0) is 41.1 Å². The fraction of sp³-hybridized carbons (Fsp3) is 0.550. The number of unbranched alkanes of at least 4 members (excludes halogenated alkanes) is 3. The summed E-state index contributed by atoms with van der Waals surface area (Å²) in [6.07, 6.45) is 2.64. The van der Waals surface area contributed by atoms with Crippen molar-refractivity contribution in [1.29, 1.82) is 0 Å². The SMILES string of the molecule is Cc1cc2c(cc1OCCCCCC(=O)N1C[C@@H](CCl)c3c1cc(OP(OC(C)(C)C)OC(C)(C)C)c1ccccc31)N(C(=O)OCc1ccc(CC(=O)[C@@H](N)CCCCNC(=O)OC(C)(C)C)cc1)C(O)[C@@H]1CCCN1C2=O. The van der Waals surface area contributed by atoms with Crippen LogP contribution in [0.1, 0.15) is 159 Å². The van der Waals surface area contributed by atoms with Gasteiger partial charge >= 0.3 is 20.8 Å². The van der Waals surface area contributed by atoms with E-state index in [1.54, 1.807) is 62.1 Å². The molecule has 4 aromatic carbocycles. The zero-order chi connectivity index (χ0) is 57.4. The molecule has 4 amide bonds. The van der Waals surface area contributed by atoms with Crippen molar-refractivity contribution >= 4 is 72.1 Å². The Kier molecular flexibility index (Phi) is 20.4. The van der Waals surface area contributed by atoms with Gasteiger partial charge in [0.25, 0.3) is 5.91 Å². The van der Waals surface area contributed by atoms with Gasteiger partial charge in [-0.1, -0.05) is 48.5 Å². The molecule has 0 spiro atoms. The van der Waals surface area contributed by atoms with E-state index in [1.807, 2.05) is 83.7 Å². The molecule has 1 unspecified atom stereocenters. The molecule has 4 N–H and O–H groups in total. The molecule has 1 fully saturated rings. The second-order valence-corrected chi connectivity index (χ2v) is 25.1. The van der Waals surface area contributed by atoms with Crippen molar-refractivity contribution in [2.45, 2.75) is 181 Å². The molecule has 0 aromatic heterocycles.